The van der Waals surface area contributed by atoms with Crippen LogP contribution in [0.3, 0.4) is 0 Å². The Bertz CT molecular complexity index is 2130. The molecule has 3 heterocycles. The number of hydrogen-bond acceptors (Lipinski definition) is 16. The Balaban J connectivity index is 0.881. The van der Waals surface area contributed by atoms with E-state index in [9.17, 15) is 14.4 Å². The Hall–Kier alpha value is -5.70. The third kappa shape index (κ3) is 18.1. The minimum Gasteiger partial charge on any atom is -0.457 e. The van der Waals surface area contributed by atoms with E-state index < -0.39 is 23.4 Å². The number of rotatable bonds is 25. The standard InChI is InChI=1S/C48H67N7O12/c1-47(2,3)66-45(57)54(46(58)67-48(4,5)6)21-23-60-25-27-62-29-31-64-33-32-63-30-28-61-26-24-59-22-11-15-40(56)53-20-10-12-37(34-53)55-44-41(43(49)50-35-51-44)42(52-55)36-16-18-39(19-17-36)65-38-13-8-7-9-14-38/h7-9,11,13-19,35,37H,10,12,20-34H2,1-6H3,(H2,49,50,51)/b15-11+/t37-/m1/s1. The van der Waals surface area contributed by atoms with E-state index in [4.69, 9.17) is 53.5 Å². The second-order valence-corrected chi connectivity index (χ2v) is 17.4. The number of aromatic nitrogens is 4. The van der Waals surface area contributed by atoms with Gasteiger partial charge in [-0.1, -0.05) is 24.3 Å². The number of imide groups is 1. The number of para-hydroxylation sites is 1. The average molecular weight is 934 g/mol. The van der Waals surface area contributed by atoms with Crippen LogP contribution in [0.2, 0.25) is 0 Å². The summed E-state index contributed by atoms with van der Waals surface area (Å²) >= 11 is 0. The van der Waals surface area contributed by atoms with Crippen molar-refractivity contribution < 1.29 is 57.0 Å². The van der Waals surface area contributed by atoms with Gasteiger partial charge >= 0.3 is 12.2 Å². The van der Waals surface area contributed by atoms with E-state index in [0.29, 0.717) is 101 Å². The smallest absolute Gasteiger partial charge is 0.419 e. The summed E-state index contributed by atoms with van der Waals surface area (Å²) in [5.74, 6) is 1.69. The first kappa shape index (κ1) is 52.3. The number of benzene rings is 2. The lowest BCUT2D eigenvalue weighted by Crippen LogP contribution is -2.45. The van der Waals surface area contributed by atoms with E-state index in [-0.39, 0.29) is 38.3 Å². The number of carbonyl (C=O) groups is 3. The summed E-state index contributed by atoms with van der Waals surface area (Å²) in [5.41, 5.74) is 7.00. The predicted molar refractivity (Wildman–Crippen MR) is 250 cm³/mol. The zero-order valence-corrected chi connectivity index (χ0v) is 39.7. The fraction of sp³-hybridized carbons (Fsp3) is 0.542. The van der Waals surface area contributed by atoms with E-state index in [2.05, 4.69) is 9.97 Å². The number of carbonyl (C=O) groups excluding carboxylic acids is 3. The fourth-order valence-electron chi connectivity index (χ4n) is 6.66. The van der Waals surface area contributed by atoms with Gasteiger partial charge in [0.25, 0.3) is 0 Å². The normalized spacial score (nSPS) is 14.4. The number of likely N-dealkylation sites (tertiary alicyclic amines) is 1. The van der Waals surface area contributed by atoms with Crippen molar-refractivity contribution in [2.24, 2.45) is 0 Å². The number of amides is 3. The maximum atomic E-state index is 13.2. The molecule has 2 aromatic heterocycles. The van der Waals surface area contributed by atoms with Crippen molar-refractivity contribution >= 4 is 34.9 Å². The van der Waals surface area contributed by atoms with Crippen LogP contribution in [-0.4, -0.2) is 158 Å². The number of nitrogens with zero attached hydrogens (tertiary/aromatic N) is 6. The summed E-state index contributed by atoms with van der Waals surface area (Å²) < 4.78 is 51.9. The number of piperidine rings is 1. The second kappa shape index (κ2) is 26.6. The largest absolute Gasteiger partial charge is 0.457 e. The average Bonchev–Trinajstić information content (AvgIpc) is 3.68. The number of anilines is 1. The first-order chi connectivity index (χ1) is 32.2. The zero-order chi connectivity index (χ0) is 48.1. The van der Waals surface area contributed by atoms with Crippen LogP contribution in [0, 0.1) is 0 Å². The third-order valence-electron chi connectivity index (χ3n) is 9.70. The lowest BCUT2D eigenvalue weighted by molar-refractivity contribution is -0.127. The molecule has 0 saturated carbocycles. The molecule has 0 radical (unpaired) electrons. The highest BCUT2D eigenvalue weighted by atomic mass is 16.6. The summed E-state index contributed by atoms with van der Waals surface area (Å²) in [7, 11) is 0. The zero-order valence-electron chi connectivity index (χ0n) is 39.7. The molecule has 1 aliphatic heterocycles. The Kier molecular flexibility index (Phi) is 20.7. The molecule has 4 aromatic rings. The van der Waals surface area contributed by atoms with Gasteiger partial charge in [0.15, 0.2) is 5.65 Å². The van der Waals surface area contributed by atoms with Crippen LogP contribution in [0.4, 0.5) is 15.4 Å². The predicted octanol–water partition coefficient (Wildman–Crippen LogP) is 6.86. The van der Waals surface area contributed by atoms with Crippen LogP contribution < -0.4 is 10.5 Å². The molecule has 1 saturated heterocycles. The maximum absolute atomic E-state index is 13.2. The van der Waals surface area contributed by atoms with Crippen molar-refractivity contribution in [3.63, 3.8) is 0 Å². The molecule has 67 heavy (non-hydrogen) atoms. The molecule has 366 valence electrons. The maximum Gasteiger partial charge on any atom is 0.419 e. The molecular formula is C48H67N7O12. The summed E-state index contributed by atoms with van der Waals surface area (Å²) in [6.45, 7) is 15.5. The molecule has 2 N–H and O–H groups in total. The Morgan fingerprint density at radius 2 is 1.25 bits per heavy atom. The van der Waals surface area contributed by atoms with Crippen LogP contribution in [0.25, 0.3) is 22.3 Å². The van der Waals surface area contributed by atoms with Gasteiger partial charge in [-0.15, -0.1) is 0 Å². The SMILES string of the molecule is CC(C)(C)OC(=O)N(CCOCCOCCOCCOCCOCCOC/C=C/C(=O)N1CCC[C@@H](n2nc(-c3ccc(Oc4ccccc4)cc3)c3c(N)ncnc32)C1)C(=O)OC(C)(C)C. The van der Waals surface area contributed by atoms with Gasteiger partial charge in [-0.2, -0.15) is 5.10 Å². The Morgan fingerprint density at radius 3 is 1.82 bits per heavy atom. The van der Waals surface area contributed by atoms with Crippen LogP contribution in [0.15, 0.2) is 73.1 Å². The molecule has 0 bridgehead atoms. The molecule has 0 aliphatic carbocycles. The monoisotopic (exact) mass is 933 g/mol. The highest BCUT2D eigenvalue weighted by Crippen LogP contribution is 2.35. The minimum atomic E-state index is -0.796. The molecule has 1 atom stereocenters. The highest BCUT2D eigenvalue weighted by molar-refractivity contribution is 5.98. The van der Waals surface area contributed by atoms with Crippen LogP contribution >= 0.6 is 0 Å². The van der Waals surface area contributed by atoms with E-state index in [1.54, 1.807) is 53.7 Å². The Labute approximate surface area is 392 Å². The lowest BCUT2D eigenvalue weighted by atomic mass is 10.1. The summed E-state index contributed by atoms with van der Waals surface area (Å²) in [4.78, 5) is 49.8. The van der Waals surface area contributed by atoms with Gasteiger partial charge in [-0.05, 0) is 90.8 Å². The van der Waals surface area contributed by atoms with Crippen molar-refractivity contribution in [2.45, 2.75) is 71.6 Å². The van der Waals surface area contributed by atoms with Gasteiger partial charge in [0.1, 0.15) is 40.5 Å². The molecule has 19 heteroatoms. The molecule has 5 rings (SSSR count). The number of ether oxygens (including phenoxy) is 9. The van der Waals surface area contributed by atoms with Gasteiger partial charge in [-0.25, -0.2) is 29.1 Å². The van der Waals surface area contributed by atoms with Crippen molar-refractivity contribution in [3.8, 4) is 22.8 Å². The van der Waals surface area contributed by atoms with Crippen LogP contribution in [0.1, 0.15) is 60.4 Å². The topological polar surface area (TPSA) is 210 Å². The molecule has 19 nitrogen and oxygen atoms in total. The summed E-state index contributed by atoms with van der Waals surface area (Å²) in [5, 5.41) is 5.67. The minimum absolute atomic E-state index is 0.0251. The van der Waals surface area contributed by atoms with Gasteiger partial charge in [0.05, 0.1) is 97.3 Å². The van der Waals surface area contributed by atoms with E-state index >= 15 is 0 Å². The molecule has 2 aromatic carbocycles. The molecular weight excluding hydrogens is 867 g/mol. The number of nitrogens with two attached hydrogens (primary N) is 1. The van der Waals surface area contributed by atoms with Gasteiger partial charge in [0.2, 0.25) is 5.91 Å². The van der Waals surface area contributed by atoms with E-state index in [1.165, 1.54) is 6.33 Å². The second-order valence-electron chi connectivity index (χ2n) is 17.4. The highest BCUT2D eigenvalue weighted by Gasteiger charge is 2.31. The Morgan fingerprint density at radius 1 is 0.716 bits per heavy atom. The van der Waals surface area contributed by atoms with Crippen LogP contribution in [-0.2, 0) is 42.7 Å². The van der Waals surface area contributed by atoms with Gasteiger partial charge in [-0.3, -0.25) is 4.79 Å². The number of fused-ring (bicyclic) bond motifs is 1. The number of nitrogen functional groups attached to an aromatic ring is 1. The van der Waals surface area contributed by atoms with Crippen molar-refractivity contribution in [2.75, 3.05) is 105 Å². The van der Waals surface area contributed by atoms with Crippen molar-refractivity contribution in [1.82, 2.24) is 29.5 Å². The number of hydrogen-bond donors (Lipinski definition) is 1. The molecule has 1 aliphatic rings. The summed E-state index contributed by atoms with van der Waals surface area (Å²) in [6.07, 6.45) is 4.76. The lowest BCUT2D eigenvalue weighted by Gasteiger charge is -2.32. The molecule has 0 unspecified atom stereocenters. The van der Waals surface area contributed by atoms with Gasteiger partial charge in [0, 0.05) is 24.7 Å². The van der Waals surface area contributed by atoms with Crippen molar-refractivity contribution in [1.29, 1.82) is 0 Å². The van der Waals surface area contributed by atoms with E-state index in [0.717, 1.165) is 29.1 Å². The van der Waals surface area contributed by atoms with E-state index in [1.807, 2.05) is 64.2 Å². The fourth-order valence-corrected chi connectivity index (χ4v) is 6.66. The molecule has 0 spiro atoms. The first-order valence-electron chi connectivity index (χ1n) is 22.7. The summed E-state index contributed by atoms with van der Waals surface area (Å²) in [6, 6.07) is 17.2. The van der Waals surface area contributed by atoms with Gasteiger partial charge < -0.3 is 53.3 Å². The molecule has 1 fully saturated rings. The van der Waals surface area contributed by atoms with Crippen molar-refractivity contribution in [3.05, 3.63) is 73.1 Å². The first-order valence-corrected chi connectivity index (χ1v) is 22.7. The quantitative estimate of drug-likeness (QED) is 0.0531. The third-order valence-corrected chi connectivity index (χ3v) is 9.70. The van der Waals surface area contributed by atoms with Crippen LogP contribution in [0.5, 0.6) is 11.5 Å². The molecule has 3 amide bonds.